The van der Waals surface area contributed by atoms with Gasteiger partial charge in [-0.15, -0.1) is 0 Å². The standard InChI is InChI=1S/C63H79Cl2N9O9S/c1-41-51-39-67-53(68-59(51)73(48-16-11-12-17-48)60(80)57(41)42(2)75)35-47-24-25-49(38-66-47)69-26-28-70(29-27-69)54(76)18-9-7-8-10-19-55(77)71-30-32-72(33-31-71)84(82,83)40-52(62(3,4)5)74-58(43-20-22-45(64)23-21-43)50(44-14-13-15-46(65)34-44)36-63(6,61(74)81)37-56(78)79/h13-15,20-25,34,38-39,48,50,52,58H,7-12,16-19,26-33,35-37,40H2,1-6H3,(H,78,79)/t50-,52-,58-,63-/m1/s1. The van der Waals surface area contributed by atoms with Gasteiger partial charge in [0, 0.05) is 104 Å². The first-order valence-corrected chi connectivity index (χ1v) is 32.0. The van der Waals surface area contributed by atoms with E-state index in [1.807, 2.05) is 74.3 Å². The molecule has 4 atom stereocenters. The number of anilines is 1. The van der Waals surface area contributed by atoms with Crippen molar-refractivity contribution in [3.63, 3.8) is 0 Å². The summed E-state index contributed by atoms with van der Waals surface area (Å²) in [5.74, 6) is -2.06. The van der Waals surface area contributed by atoms with Gasteiger partial charge < -0.3 is 24.7 Å². The van der Waals surface area contributed by atoms with Crippen LogP contribution < -0.4 is 10.5 Å². The van der Waals surface area contributed by atoms with Crippen LogP contribution in [0.2, 0.25) is 10.0 Å². The fourth-order valence-electron chi connectivity index (χ4n) is 13.2. The number of aryl methyl sites for hydroxylation is 1. The number of carbonyl (C=O) groups excluding carboxylic acids is 4. The van der Waals surface area contributed by atoms with Gasteiger partial charge in [0.2, 0.25) is 27.7 Å². The quantitative estimate of drug-likeness (QED) is 0.0568. The highest BCUT2D eigenvalue weighted by Gasteiger charge is 2.55. The Morgan fingerprint density at radius 1 is 0.786 bits per heavy atom. The van der Waals surface area contributed by atoms with E-state index < -0.39 is 62.9 Å². The maximum Gasteiger partial charge on any atom is 0.304 e. The fraction of sp³-hybridized carbons (Fsp3) is 0.540. The van der Waals surface area contributed by atoms with Crippen molar-refractivity contribution in [1.29, 1.82) is 0 Å². The van der Waals surface area contributed by atoms with E-state index in [1.54, 1.807) is 52.6 Å². The molecule has 9 rings (SSSR count). The van der Waals surface area contributed by atoms with Crippen LogP contribution >= 0.6 is 23.2 Å². The Kier molecular flexibility index (Phi) is 19.4. The summed E-state index contributed by atoms with van der Waals surface area (Å²) in [5.41, 5.74) is 2.23. The molecule has 3 saturated heterocycles. The lowest BCUT2D eigenvalue weighted by Crippen LogP contribution is -2.61. The molecule has 6 heterocycles. The van der Waals surface area contributed by atoms with Crippen molar-refractivity contribution in [2.75, 3.05) is 63.0 Å². The lowest BCUT2D eigenvalue weighted by atomic mass is 9.66. The van der Waals surface area contributed by atoms with E-state index >= 15 is 4.79 Å². The molecule has 3 aliphatic heterocycles. The van der Waals surface area contributed by atoms with Crippen molar-refractivity contribution >= 4 is 79.4 Å². The van der Waals surface area contributed by atoms with Gasteiger partial charge in [-0.2, -0.15) is 4.31 Å². The molecule has 0 spiro atoms. The maximum atomic E-state index is 15.1. The molecule has 21 heteroatoms. The number of benzene rings is 2. The van der Waals surface area contributed by atoms with Crippen molar-refractivity contribution in [3.8, 4) is 0 Å². The van der Waals surface area contributed by atoms with Crippen LogP contribution in [-0.4, -0.2) is 146 Å². The van der Waals surface area contributed by atoms with Crippen LogP contribution in [0.15, 0.2) is 77.9 Å². The van der Waals surface area contributed by atoms with Crippen LogP contribution in [0, 0.1) is 17.8 Å². The van der Waals surface area contributed by atoms with E-state index in [2.05, 4.69) is 9.88 Å². The summed E-state index contributed by atoms with van der Waals surface area (Å²) in [6.45, 7) is 13.8. The minimum absolute atomic E-state index is 0.000237. The van der Waals surface area contributed by atoms with Crippen LogP contribution in [-0.2, 0) is 35.6 Å². The number of piperazine rings is 2. The second-order valence-corrected chi connectivity index (χ2v) is 27.7. The number of hydrogen-bond acceptors (Lipinski definition) is 12. The molecule has 18 nitrogen and oxygen atoms in total. The van der Waals surface area contributed by atoms with E-state index in [0.29, 0.717) is 90.7 Å². The van der Waals surface area contributed by atoms with Crippen LogP contribution in [0.1, 0.15) is 168 Å². The van der Waals surface area contributed by atoms with E-state index in [1.165, 1.54) is 11.2 Å². The van der Waals surface area contributed by atoms with Crippen molar-refractivity contribution in [2.24, 2.45) is 10.8 Å². The van der Waals surface area contributed by atoms with Crippen LogP contribution in [0.4, 0.5) is 5.69 Å². The highest BCUT2D eigenvalue weighted by atomic mass is 35.5. The minimum Gasteiger partial charge on any atom is -0.481 e. The number of rotatable bonds is 20. The number of halogens is 2. The van der Waals surface area contributed by atoms with Crippen molar-refractivity contribution in [1.82, 2.24) is 38.5 Å². The number of carbonyl (C=O) groups is 5. The van der Waals surface area contributed by atoms with Gasteiger partial charge in [-0.1, -0.05) is 101 Å². The Morgan fingerprint density at radius 3 is 1.99 bits per heavy atom. The second kappa shape index (κ2) is 26.1. The Bertz CT molecular complexity index is 3430. The maximum absolute atomic E-state index is 15.1. The number of hydrogen-bond donors (Lipinski definition) is 1. The summed E-state index contributed by atoms with van der Waals surface area (Å²) in [5, 5.41) is 11.8. The van der Waals surface area contributed by atoms with E-state index in [9.17, 15) is 37.5 Å². The number of fused-ring (bicyclic) bond motifs is 1. The fourth-order valence-corrected chi connectivity index (χ4v) is 15.5. The first kappa shape index (κ1) is 62.3. The van der Waals surface area contributed by atoms with Gasteiger partial charge in [0.25, 0.3) is 5.56 Å². The number of carboxylic acids is 1. The monoisotopic (exact) mass is 1210 g/mol. The number of piperidine rings is 1. The van der Waals surface area contributed by atoms with Gasteiger partial charge in [0.15, 0.2) is 5.78 Å². The Balaban J connectivity index is 0.727. The third-order valence-corrected chi connectivity index (χ3v) is 20.2. The molecule has 5 aromatic rings. The molecule has 0 radical (unpaired) electrons. The highest BCUT2D eigenvalue weighted by Crippen LogP contribution is 2.53. The Hall–Kier alpha value is -6.28. The van der Waals surface area contributed by atoms with Gasteiger partial charge in [0.1, 0.15) is 11.5 Å². The topological polar surface area (TPSA) is 217 Å². The zero-order chi connectivity index (χ0) is 60.3. The number of Topliss-reactive ketones (excluding diaryl/α,β-unsaturated/α-hetero) is 1. The van der Waals surface area contributed by atoms with Gasteiger partial charge >= 0.3 is 5.97 Å². The summed E-state index contributed by atoms with van der Waals surface area (Å²) in [7, 11) is -4.04. The lowest BCUT2D eigenvalue weighted by molar-refractivity contribution is -0.162. The third kappa shape index (κ3) is 14.0. The first-order chi connectivity index (χ1) is 39.9. The number of likely N-dealkylation sites (tertiary alicyclic amines) is 1. The molecule has 3 aromatic heterocycles. The molecular weight excluding hydrogens is 1130 g/mol. The average Bonchev–Trinajstić information content (AvgIpc) is 1.25. The summed E-state index contributed by atoms with van der Waals surface area (Å²) < 4.78 is 32.4. The number of amides is 3. The molecule has 3 amide bonds. The number of unbranched alkanes of at least 4 members (excludes halogenated alkanes) is 3. The Labute approximate surface area is 503 Å². The Morgan fingerprint density at radius 2 is 1.42 bits per heavy atom. The molecule has 450 valence electrons. The molecule has 0 unspecified atom stereocenters. The van der Waals surface area contributed by atoms with E-state index in [-0.39, 0.29) is 67.4 Å². The van der Waals surface area contributed by atoms with E-state index in [0.717, 1.165) is 61.0 Å². The van der Waals surface area contributed by atoms with Crippen LogP contribution in [0.5, 0.6) is 0 Å². The smallest absolute Gasteiger partial charge is 0.304 e. The third-order valence-electron chi connectivity index (χ3n) is 17.8. The zero-order valence-corrected chi connectivity index (χ0v) is 51.5. The molecule has 4 fully saturated rings. The molecule has 84 heavy (non-hydrogen) atoms. The van der Waals surface area contributed by atoms with Gasteiger partial charge in [0.05, 0.1) is 53.5 Å². The number of ketones is 1. The first-order valence-electron chi connectivity index (χ1n) is 29.6. The largest absolute Gasteiger partial charge is 0.481 e. The summed E-state index contributed by atoms with van der Waals surface area (Å²) in [6, 6.07) is 16.8. The van der Waals surface area contributed by atoms with Crippen molar-refractivity contribution < 1.29 is 37.5 Å². The molecule has 4 aliphatic rings. The number of pyridine rings is 2. The van der Waals surface area contributed by atoms with Crippen molar-refractivity contribution in [3.05, 3.63) is 127 Å². The van der Waals surface area contributed by atoms with Gasteiger partial charge in [-0.3, -0.25) is 38.3 Å². The summed E-state index contributed by atoms with van der Waals surface area (Å²) in [6.07, 6.45) is 11.2. The van der Waals surface area contributed by atoms with Gasteiger partial charge in [-0.25, -0.2) is 18.4 Å². The number of nitrogens with zero attached hydrogens (tertiary/aromatic N) is 9. The number of sulfonamides is 1. The van der Waals surface area contributed by atoms with Crippen LogP contribution in [0.3, 0.4) is 0 Å². The van der Waals surface area contributed by atoms with Gasteiger partial charge in [-0.05, 0) is 104 Å². The molecule has 2 aromatic carbocycles. The highest BCUT2D eigenvalue weighted by molar-refractivity contribution is 7.89. The number of carboxylic acid groups (broad SMARTS) is 1. The predicted octanol–water partition coefficient (Wildman–Crippen LogP) is 9.83. The predicted molar refractivity (Wildman–Crippen MR) is 325 cm³/mol. The minimum atomic E-state index is -4.04. The number of aromatic nitrogens is 4. The lowest BCUT2D eigenvalue weighted by Gasteiger charge is -2.54. The second-order valence-electron chi connectivity index (χ2n) is 24.8. The molecular formula is C63H79Cl2N9O9S. The van der Waals surface area contributed by atoms with Crippen LogP contribution in [0.25, 0.3) is 11.0 Å². The molecule has 1 aliphatic carbocycles. The summed E-state index contributed by atoms with van der Waals surface area (Å²) >= 11 is 12.9. The van der Waals surface area contributed by atoms with Crippen molar-refractivity contribution in [2.45, 2.75) is 149 Å². The molecule has 1 N–H and O–H groups in total. The zero-order valence-electron chi connectivity index (χ0n) is 49.2. The molecule has 1 saturated carbocycles. The number of aliphatic carboxylic acids is 1. The average molecular weight is 1210 g/mol. The SMILES string of the molecule is CC(=O)c1c(C)c2cnc(Cc3ccc(N4CCN(C(=O)CCCCCCC(=O)N5CCN(S(=O)(=O)C[C@@H](N6C(=O)[C@@](C)(CC(=O)O)C[C@H](c7cccc(Cl)c7)[C@H]6c6ccc(Cl)cc6)C(C)(C)C)CC5)CC4)cn3)nc2n(C2CCCC2)c1=O. The summed E-state index contributed by atoms with van der Waals surface area (Å²) in [4.78, 5) is 102. The van der Waals surface area contributed by atoms with E-state index in [4.69, 9.17) is 33.2 Å². The normalized spacial score (nSPS) is 20.6. The molecule has 0 bridgehead atoms.